The van der Waals surface area contributed by atoms with E-state index in [1.807, 2.05) is 0 Å². The highest BCUT2D eigenvalue weighted by Gasteiger charge is 2.36. The first kappa shape index (κ1) is 13.3. The van der Waals surface area contributed by atoms with Crippen LogP contribution in [0.3, 0.4) is 0 Å². The molecule has 2 fully saturated rings. The van der Waals surface area contributed by atoms with Crippen LogP contribution < -0.4 is 5.32 Å². The smallest absolute Gasteiger partial charge is 0.117 e. The van der Waals surface area contributed by atoms with Gasteiger partial charge in [-0.25, -0.2) is 0 Å². The second kappa shape index (κ2) is 5.25. The maximum absolute atomic E-state index is 5.91. The number of nitrogens with zero attached hydrogens (tertiary/aromatic N) is 1. The van der Waals surface area contributed by atoms with Crippen LogP contribution in [-0.4, -0.2) is 42.4 Å². The van der Waals surface area contributed by atoms with Gasteiger partial charge in [-0.15, -0.1) is 0 Å². The van der Waals surface area contributed by atoms with Gasteiger partial charge in [-0.05, 0) is 66.0 Å². The highest BCUT2D eigenvalue weighted by molar-refractivity contribution is 4.87. The molecule has 2 saturated heterocycles. The van der Waals surface area contributed by atoms with E-state index in [2.05, 4.69) is 37.9 Å². The largest absolute Gasteiger partial charge is 0.359 e. The van der Waals surface area contributed by atoms with E-state index in [9.17, 15) is 0 Å². The maximum Gasteiger partial charge on any atom is 0.117 e. The molecule has 2 unspecified atom stereocenters. The summed E-state index contributed by atoms with van der Waals surface area (Å²) in [4.78, 5) is 2.59. The molecule has 0 radical (unpaired) electrons. The first-order valence-corrected chi connectivity index (χ1v) is 7.14. The van der Waals surface area contributed by atoms with E-state index in [1.54, 1.807) is 0 Å². The Morgan fingerprint density at radius 2 is 2.00 bits per heavy atom. The Hall–Kier alpha value is -0.120. The van der Waals surface area contributed by atoms with Crippen molar-refractivity contribution in [3.05, 3.63) is 0 Å². The summed E-state index contributed by atoms with van der Waals surface area (Å²) in [6.45, 7) is 12.4. The molecule has 0 amide bonds. The van der Waals surface area contributed by atoms with Crippen LogP contribution >= 0.6 is 0 Å². The molecule has 3 heteroatoms. The highest BCUT2D eigenvalue weighted by atomic mass is 16.5. The molecule has 0 aromatic heterocycles. The molecule has 0 bridgehead atoms. The topological polar surface area (TPSA) is 24.5 Å². The Morgan fingerprint density at radius 3 is 2.47 bits per heavy atom. The molecule has 17 heavy (non-hydrogen) atoms. The predicted molar refractivity (Wildman–Crippen MR) is 71.0 cm³/mol. The molecule has 2 rings (SSSR count). The first-order chi connectivity index (χ1) is 7.98. The second-order valence-corrected chi connectivity index (χ2v) is 6.36. The number of nitrogens with one attached hydrogen (secondary N) is 1. The van der Waals surface area contributed by atoms with Gasteiger partial charge in [-0.1, -0.05) is 0 Å². The van der Waals surface area contributed by atoms with Crippen molar-refractivity contribution in [2.24, 2.45) is 5.92 Å². The number of hydrogen-bond donors (Lipinski definition) is 1. The molecule has 0 aliphatic carbocycles. The highest BCUT2D eigenvalue weighted by Crippen LogP contribution is 2.30. The van der Waals surface area contributed by atoms with Crippen LogP contribution in [0.5, 0.6) is 0 Å². The van der Waals surface area contributed by atoms with Gasteiger partial charge in [0.1, 0.15) is 5.72 Å². The van der Waals surface area contributed by atoms with E-state index in [1.165, 1.54) is 32.4 Å². The summed E-state index contributed by atoms with van der Waals surface area (Å²) >= 11 is 0. The van der Waals surface area contributed by atoms with Crippen molar-refractivity contribution in [3.8, 4) is 0 Å². The Morgan fingerprint density at radius 1 is 1.35 bits per heavy atom. The van der Waals surface area contributed by atoms with Crippen LogP contribution in [0.15, 0.2) is 0 Å². The monoisotopic (exact) mass is 240 g/mol. The van der Waals surface area contributed by atoms with Crippen molar-refractivity contribution >= 4 is 0 Å². The predicted octanol–water partition coefficient (Wildman–Crippen LogP) is 2.22. The lowest BCUT2D eigenvalue weighted by molar-refractivity contribution is -0.0220. The van der Waals surface area contributed by atoms with Crippen LogP contribution in [0.2, 0.25) is 0 Å². The third-order valence-corrected chi connectivity index (χ3v) is 4.26. The number of ether oxygens (including phenoxy) is 1. The van der Waals surface area contributed by atoms with E-state index < -0.39 is 0 Å². The molecular formula is C14H28N2O. The van der Waals surface area contributed by atoms with E-state index in [-0.39, 0.29) is 5.72 Å². The molecule has 0 saturated carbocycles. The summed E-state index contributed by atoms with van der Waals surface area (Å²) < 4.78 is 5.91. The zero-order valence-corrected chi connectivity index (χ0v) is 11.8. The zero-order chi connectivity index (χ0) is 12.5. The second-order valence-electron chi connectivity index (χ2n) is 6.36. The molecule has 0 aromatic carbocycles. The average Bonchev–Trinajstić information content (AvgIpc) is 2.59. The third kappa shape index (κ3) is 3.43. The van der Waals surface area contributed by atoms with Gasteiger partial charge in [-0.3, -0.25) is 5.32 Å². The van der Waals surface area contributed by atoms with Crippen molar-refractivity contribution in [2.75, 3.05) is 19.7 Å². The normalized spacial score (nSPS) is 36.9. The summed E-state index contributed by atoms with van der Waals surface area (Å²) in [5, 5.41) is 3.58. The van der Waals surface area contributed by atoms with Crippen LogP contribution in [0.25, 0.3) is 0 Å². The fraction of sp³-hybridized carbons (Fsp3) is 1.00. The Labute approximate surface area is 106 Å². The third-order valence-electron chi connectivity index (χ3n) is 4.26. The number of hydrogen-bond acceptors (Lipinski definition) is 3. The number of piperidine rings is 1. The van der Waals surface area contributed by atoms with E-state index >= 15 is 0 Å². The van der Waals surface area contributed by atoms with Gasteiger partial charge in [-0.2, -0.15) is 0 Å². The molecule has 2 atom stereocenters. The minimum atomic E-state index is -0.0654. The maximum atomic E-state index is 5.91. The molecular weight excluding hydrogens is 212 g/mol. The minimum absolute atomic E-state index is 0.0654. The molecule has 2 aliphatic rings. The van der Waals surface area contributed by atoms with Crippen molar-refractivity contribution in [1.82, 2.24) is 10.2 Å². The lowest BCUT2D eigenvalue weighted by Crippen LogP contribution is -2.45. The van der Waals surface area contributed by atoms with Gasteiger partial charge >= 0.3 is 0 Å². The first-order valence-electron chi connectivity index (χ1n) is 7.14. The van der Waals surface area contributed by atoms with E-state index in [0.717, 1.165) is 12.5 Å². The quantitative estimate of drug-likeness (QED) is 0.818. The van der Waals surface area contributed by atoms with Gasteiger partial charge in [0.2, 0.25) is 0 Å². The van der Waals surface area contributed by atoms with Gasteiger partial charge in [0.15, 0.2) is 0 Å². The van der Waals surface area contributed by atoms with E-state index in [0.29, 0.717) is 12.1 Å². The van der Waals surface area contributed by atoms with Crippen molar-refractivity contribution < 1.29 is 4.74 Å². The standard InChI is InChI=1S/C14H28N2O/c1-11(2)16-7-5-13(6-8-16)9-14(4)15-12(3)10-17-14/h11-13,15H,5-10H2,1-4H3. The average molecular weight is 240 g/mol. The number of likely N-dealkylation sites (tertiary alicyclic amines) is 1. The summed E-state index contributed by atoms with van der Waals surface area (Å²) in [6, 6.07) is 1.21. The number of rotatable bonds is 3. The van der Waals surface area contributed by atoms with Crippen molar-refractivity contribution in [3.63, 3.8) is 0 Å². The summed E-state index contributed by atoms with van der Waals surface area (Å²) in [6.07, 6.45) is 3.82. The lowest BCUT2D eigenvalue weighted by Gasteiger charge is -2.37. The fourth-order valence-electron chi connectivity index (χ4n) is 3.26. The lowest BCUT2D eigenvalue weighted by atomic mass is 9.88. The van der Waals surface area contributed by atoms with Crippen LogP contribution in [0.1, 0.15) is 47.0 Å². The fourth-order valence-corrected chi connectivity index (χ4v) is 3.26. The summed E-state index contributed by atoms with van der Waals surface area (Å²) in [5.41, 5.74) is -0.0654. The minimum Gasteiger partial charge on any atom is -0.359 e. The van der Waals surface area contributed by atoms with Crippen LogP contribution in [0, 0.1) is 5.92 Å². The molecule has 2 aliphatic heterocycles. The van der Waals surface area contributed by atoms with E-state index in [4.69, 9.17) is 4.74 Å². The van der Waals surface area contributed by atoms with Gasteiger partial charge < -0.3 is 9.64 Å². The molecule has 3 nitrogen and oxygen atoms in total. The van der Waals surface area contributed by atoms with Gasteiger partial charge in [0.05, 0.1) is 6.61 Å². The Bertz CT molecular complexity index is 249. The SMILES string of the molecule is CC1COC(C)(CC2CCN(C(C)C)CC2)N1. The molecule has 100 valence electrons. The van der Waals surface area contributed by atoms with Crippen molar-refractivity contribution in [1.29, 1.82) is 0 Å². The van der Waals surface area contributed by atoms with Crippen LogP contribution in [-0.2, 0) is 4.74 Å². The Kier molecular flexibility index (Phi) is 4.11. The van der Waals surface area contributed by atoms with Crippen molar-refractivity contribution in [2.45, 2.75) is 64.8 Å². The summed E-state index contributed by atoms with van der Waals surface area (Å²) in [5.74, 6) is 0.827. The molecule has 0 aromatic rings. The molecule has 0 spiro atoms. The summed E-state index contributed by atoms with van der Waals surface area (Å²) in [7, 11) is 0. The molecule has 1 N–H and O–H groups in total. The zero-order valence-electron chi connectivity index (χ0n) is 11.8. The van der Waals surface area contributed by atoms with Crippen LogP contribution in [0.4, 0.5) is 0 Å². The molecule has 2 heterocycles. The van der Waals surface area contributed by atoms with Gasteiger partial charge in [0, 0.05) is 12.1 Å². The Balaban J connectivity index is 1.78. The van der Waals surface area contributed by atoms with Gasteiger partial charge in [0.25, 0.3) is 0 Å².